The molecule has 0 bridgehead atoms. The number of hydrogen-bond acceptors (Lipinski definition) is 5. The molecule has 0 radical (unpaired) electrons. The maximum absolute atomic E-state index is 10.1. The fraction of sp³-hybridized carbons (Fsp3) is 0.923. The van der Waals surface area contributed by atoms with E-state index in [0.29, 0.717) is 6.42 Å². The summed E-state index contributed by atoms with van der Waals surface area (Å²) in [7, 11) is -4.48. The van der Waals surface area contributed by atoms with Crippen LogP contribution in [0.15, 0.2) is 0 Å². The van der Waals surface area contributed by atoms with Gasteiger partial charge in [0, 0.05) is 0 Å². The summed E-state index contributed by atoms with van der Waals surface area (Å²) in [5.41, 5.74) is 4.17. The number of carbonyl (C=O) groups is 1. The van der Waals surface area contributed by atoms with Crippen LogP contribution in [0.25, 0.3) is 0 Å². The van der Waals surface area contributed by atoms with Crippen LogP contribution in [0, 0.1) is 0 Å². The van der Waals surface area contributed by atoms with Crippen molar-refractivity contribution in [2.75, 3.05) is 6.61 Å². The van der Waals surface area contributed by atoms with E-state index in [-0.39, 0.29) is 42.6 Å². The molecular formula is C13H28NNaO5S. The largest absolute Gasteiger partial charge is 1.00 e. The van der Waals surface area contributed by atoms with Crippen molar-refractivity contribution in [3.8, 4) is 0 Å². The third kappa shape index (κ3) is 33.3. The van der Waals surface area contributed by atoms with Crippen LogP contribution in [0.2, 0.25) is 0 Å². The standard InChI is InChI=1S/C12H26O4S.CH3NO.Na/c1-2-3-4-5-6-7-8-9-10-11-12-16-17(13,14)15;2-1-3;/h2-12H2,1H3,(H,13,14,15);1H,(H2,2,3);/q;;+1/p-1. The molecule has 0 unspecified atom stereocenters. The van der Waals surface area contributed by atoms with Crippen molar-refractivity contribution in [1.82, 2.24) is 0 Å². The fourth-order valence-corrected chi connectivity index (χ4v) is 2.07. The normalized spacial score (nSPS) is 10.2. The molecule has 6 nitrogen and oxygen atoms in total. The van der Waals surface area contributed by atoms with E-state index >= 15 is 0 Å². The molecule has 0 heterocycles. The topological polar surface area (TPSA) is 110 Å². The summed E-state index contributed by atoms with van der Waals surface area (Å²) in [4.78, 5) is 8.58. The molecule has 1 amide bonds. The zero-order chi connectivity index (χ0) is 15.7. The molecule has 0 aromatic heterocycles. The van der Waals surface area contributed by atoms with E-state index in [1.807, 2.05) is 0 Å². The van der Waals surface area contributed by atoms with Crippen molar-refractivity contribution in [3.63, 3.8) is 0 Å². The monoisotopic (exact) mass is 333 g/mol. The maximum atomic E-state index is 10.1. The Labute approximate surface area is 151 Å². The Kier molecular flexibility index (Phi) is 25.4. The third-order valence-corrected chi connectivity index (χ3v) is 3.18. The number of primary amides is 1. The van der Waals surface area contributed by atoms with Crippen molar-refractivity contribution < 1.29 is 51.5 Å². The van der Waals surface area contributed by atoms with Crippen LogP contribution < -0.4 is 35.3 Å². The number of rotatable bonds is 12. The van der Waals surface area contributed by atoms with E-state index in [0.717, 1.165) is 12.8 Å². The first-order chi connectivity index (χ1) is 9.47. The smallest absolute Gasteiger partial charge is 0.726 e. The van der Waals surface area contributed by atoms with Gasteiger partial charge in [0.15, 0.2) is 0 Å². The number of nitrogens with two attached hydrogens (primary N) is 1. The average Bonchev–Trinajstić information content (AvgIpc) is 2.35. The molecule has 122 valence electrons. The molecule has 0 atom stereocenters. The van der Waals surface area contributed by atoms with Crippen molar-refractivity contribution in [2.45, 2.75) is 71.1 Å². The van der Waals surface area contributed by atoms with Gasteiger partial charge in [0.2, 0.25) is 16.8 Å². The Morgan fingerprint density at radius 3 is 1.62 bits per heavy atom. The molecule has 21 heavy (non-hydrogen) atoms. The predicted octanol–water partition coefficient (Wildman–Crippen LogP) is -0.510. The first-order valence-corrected chi connectivity index (χ1v) is 8.56. The first-order valence-electron chi connectivity index (χ1n) is 7.23. The first kappa shape index (κ1) is 26.2. The van der Waals surface area contributed by atoms with Crippen LogP contribution >= 0.6 is 0 Å². The minimum Gasteiger partial charge on any atom is -0.726 e. The van der Waals surface area contributed by atoms with Gasteiger partial charge in [-0.2, -0.15) is 0 Å². The summed E-state index contributed by atoms with van der Waals surface area (Å²) < 4.78 is 34.5. The predicted molar refractivity (Wildman–Crippen MR) is 77.7 cm³/mol. The summed E-state index contributed by atoms with van der Waals surface area (Å²) in [6, 6.07) is 0. The van der Waals surface area contributed by atoms with E-state index in [9.17, 15) is 13.0 Å². The van der Waals surface area contributed by atoms with Gasteiger partial charge in [0.25, 0.3) is 0 Å². The van der Waals surface area contributed by atoms with Gasteiger partial charge in [0.1, 0.15) is 0 Å². The van der Waals surface area contributed by atoms with E-state index in [4.69, 9.17) is 4.79 Å². The number of amides is 1. The third-order valence-electron chi connectivity index (χ3n) is 2.73. The van der Waals surface area contributed by atoms with Gasteiger partial charge >= 0.3 is 29.6 Å². The molecule has 0 spiro atoms. The maximum Gasteiger partial charge on any atom is 1.00 e. The number of unbranched alkanes of at least 4 members (excludes halogenated alkanes) is 9. The van der Waals surface area contributed by atoms with E-state index < -0.39 is 10.4 Å². The molecule has 0 aliphatic heterocycles. The SMILES string of the molecule is CCCCCCCCCCCCOS(=O)(=O)[O-].NC=O.[Na+]. The minimum absolute atomic E-state index is 0. The summed E-state index contributed by atoms with van der Waals surface area (Å²) in [5, 5.41) is 0. The second-order valence-corrected chi connectivity index (χ2v) is 5.60. The molecule has 8 heteroatoms. The van der Waals surface area contributed by atoms with Crippen molar-refractivity contribution >= 4 is 16.8 Å². The number of carbonyl (C=O) groups excluding carboxylic acids is 1. The summed E-state index contributed by atoms with van der Waals surface area (Å²) in [5.74, 6) is 0. The Morgan fingerprint density at radius 2 is 1.29 bits per heavy atom. The summed E-state index contributed by atoms with van der Waals surface area (Å²) >= 11 is 0. The van der Waals surface area contributed by atoms with E-state index in [1.165, 1.54) is 44.9 Å². The zero-order valence-electron chi connectivity index (χ0n) is 13.4. The molecule has 0 saturated carbocycles. The quantitative estimate of drug-likeness (QED) is 0.170. The Morgan fingerprint density at radius 1 is 0.952 bits per heavy atom. The summed E-state index contributed by atoms with van der Waals surface area (Å²) in [6.45, 7) is 2.24. The Hall–Kier alpha value is 0.340. The average molecular weight is 333 g/mol. The van der Waals surface area contributed by atoms with Crippen LogP contribution in [0.3, 0.4) is 0 Å². The minimum atomic E-state index is -4.48. The van der Waals surface area contributed by atoms with Gasteiger partial charge in [0.05, 0.1) is 6.61 Å². The van der Waals surface area contributed by atoms with Gasteiger partial charge in [-0.3, -0.25) is 8.98 Å². The van der Waals surface area contributed by atoms with Crippen molar-refractivity contribution in [1.29, 1.82) is 0 Å². The van der Waals surface area contributed by atoms with Gasteiger partial charge < -0.3 is 10.3 Å². The van der Waals surface area contributed by atoms with Crippen molar-refractivity contribution in [3.05, 3.63) is 0 Å². The molecule has 2 N–H and O–H groups in total. The Balaban J connectivity index is -0.000000740. The molecule has 0 aliphatic carbocycles. The van der Waals surface area contributed by atoms with Crippen LogP contribution in [-0.4, -0.2) is 26.0 Å². The van der Waals surface area contributed by atoms with Crippen LogP contribution in [0.5, 0.6) is 0 Å². The molecule has 0 aromatic carbocycles. The van der Waals surface area contributed by atoms with Crippen LogP contribution in [-0.2, 0) is 19.4 Å². The zero-order valence-corrected chi connectivity index (χ0v) is 16.2. The van der Waals surface area contributed by atoms with Gasteiger partial charge in [-0.15, -0.1) is 0 Å². The van der Waals surface area contributed by atoms with Crippen LogP contribution in [0.1, 0.15) is 71.1 Å². The second kappa shape index (κ2) is 20.3. The summed E-state index contributed by atoms with van der Waals surface area (Å²) in [6.07, 6.45) is 11.9. The number of hydrogen-bond donors (Lipinski definition) is 1. The van der Waals surface area contributed by atoms with Crippen LogP contribution in [0.4, 0.5) is 0 Å². The Bertz CT molecular complexity index is 299. The van der Waals surface area contributed by atoms with Gasteiger partial charge in [-0.25, -0.2) is 8.42 Å². The fourth-order valence-electron chi connectivity index (χ4n) is 1.75. The van der Waals surface area contributed by atoms with Crippen molar-refractivity contribution in [2.24, 2.45) is 5.73 Å². The molecule has 0 aliphatic rings. The van der Waals surface area contributed by atoms with Gasteiger partial charge in [-0.05, 0) is 6.42 Å². The molecular weight excluding hydrogens is 305 g/mol. The second-order valence-electron chi connectivity index (χ2n) is 4.55. The van der Waals surface area contributed by atoms with E-state index in [2.05, 4.69) is 16.8 Å². The molecule has 0 saturated heterocycles. The molecule has 0 aromatic rings. The van der Waals surface area contributed by atoms with Gasteiger partial charge in [-0.1, -0.05) is 64.7 Å². The molecule has 0 rings (SSSR count). The molecule has 0 fully saturated rings. The van der Waals surface area contributed by atoms with E-state index in [1.54, 1.807) is 0 Å².